The highest BCUT2D eigenvalue weighted by Gasteiger charge is 2.11. The zero-order valence-corrected chi connectivity index (χ0v) is 17.3. The molecule has 3 aromatic carbocycles. The van der Waals surface area contributed by atoms with Crippen molar-refractivity contribution in [3.8, 4) is 0 Å². The minimum atomic E-state index is -3.30. The van der Waals surface area contributed by atoms with Gasteiger partial charge in [0, 0.05) is 41.9 Å². The van der Waals surface area contributed by atoms with Gasteiger partial charge in [0.25, 0.3) is 0 Å². The van der Waals surface area contributed by atoms with Crippen LogP contribution in [0.1, 0.15) is 0 Å². The summed E-state index contributed by atoms with van der Waals surface area (Å²) in [5.74, 6) is 0. The van der Waals surface area contributed by atoms with E-state index in [1.807, 2.05) is 56.6 Å². The number of nitrogens with zero attached hydrogens (tertiary/aromatic N) is 2. The molecule has 148 valence electrons. The molecule has 7 heteroatoms. The monoisotopic (exact) mass is 406 g/mol. The molecule has 2 N–H and O–H groups in total. The number of aromatic nitrogens is 1. The lowest BCUT2D eigenvalue weighted by Gasteiger charge is -2.17. The molecular formula is C22H22N4O2S. The highest BCUT2D eigenvalue weighted by atomic mass is 32.2. The second-order valence-electron chi connectivity index (χ2n) is 7.18. The number of para-hydroxylation sites is 1. The van der Waals surface area contributed by atoms with E-state index in [2.05, 4.69) is 27.1 Å². The van der Waals surface area contributed by atoms with Crippen molar-refractivity contribution < 1.29 is 8.42 Å². The lowest BCUT2D eigenvalue weighted by atomic mass is 10.1. The van der Waals surface area contributed by atoms with Gasteiger partial charge in [-0.2, -0.15) is 0 Å². The molecule has 0 aliphatic heterocycles. The van der Waals surface area contributed by atoms with Gasteiger partial charge in [-0.3, -0.25) is 4.72 Å². The first-order valence-corrected chi connectivity index (χ1v) is 11.0. The van der Waals surface area contributed by atoms with Crippen LogP contribution in [0.2, 0.25) is 0 Å². The first kappa shape index (κ1) is 19.0. The summed E-state index contributed by atoms with van der Waals surface area (Å²) >= 11 is 0. The van der Waals surface area contributed by atoms with Crippen LogP contribution in [0.15, 0.2) is 66.7 Å². The Morgan fingerprint density at radius 3 is 2.17 bits per heavy atom. The summed E-state index contributed by atoms with van der Waals surface area (Å²) in [4.78, 5) is 6.86. The van der Waals surface area contributed by atoms with Crippen molar-refractivity contribution in [3.05, 3.63) is 66.7 Å². The molecule has 0 unspecified atom stereocenters. The predicted molar refractivity (Wildman–Crippen MR) is 122 cm³/mol. The van der Waals surface area contributed by atoms with Crippen LogP contribution in [0.25, 0.3) is 21.8 Å². The third-order valence-corrected chi connectivity index (χ3v) is 5.24. The second kappa shape index (κ2) is 7.25. The largest absolute Gasteiger partial charge is 0.378 e. The van der Waals surface area contributed by atoms with Crippen molar-refractivity contribution in [1.29, 1.82) is 0 Å². The molecule has 29 heavy (non-hydrogen) atoms. The van der Waals surface area contributed by atoms with Crippen LogP contribution in [0.3, 0.4) is 0 Å². The average Bonchev–Trinajstić information content (AvgIpc) is 2.67. The van der Waals surface area contributed by atoms with Crippen molar-refractivity contribution in [2.45, 2.75) is 0 Å². The van der Waals surface area contributed by atoms with E-state index >= 15 is 0 Å². The maximum Gasteiger partial charge on any atom is 0.229 e. The summed E-state index contributed by atoms with van der Waals surface area (Å²) < 4.78 is 25.3. The molecule has 0 fully saturated rings. The van der Waals surface area contributed by atoms with Crippen LogP contribution in [0, 0.1) is 0 Å². The summed E-state index contributed by atoms with van der Waals surface area (Å²) in [5.41, 5.74) is 5.26. The van der Waals surface area contributed by atoms with Crippen molar-refractivity contribution in [2.24, 2.45) is 0 Å². The van der Waals surface area contributed by atoms with E-state index in [4.69, 9.17) is 4.98 Å². The molecular weight excluding hydrogens is 384 g/mol. The molecule has 1 aromatic heterocycles. The van der Waals surface area contributed by atoms with Gasteiger partial charge in [-0.25, -0.2) is 13.4 Å². The number of pyridine rings is 1. The Balaban J connectivity index is 1.83. The Labute approximate surface area is 170 Å². The first-order chi connectivity index (χ1) is 13.8. The van der Waals surface area contributed by atoms with Gasteiger partial charge in [0.15, 0.2) is 0 Å². The molecule has 1 heterocycles. The molecule has 0 aliphatic rings. The summed E-state index contributed by atoms with van der Waals surface area (Å²) in [7, 11) is 0.718. The van der Waals surface area contributed by atoms with Gasteiger partial charge in [-0.1, -0.05) is 18.2 Å². The average molecular weight is 407 g/mol. The Bertz CT molecular complexity index is 1300. The summed E-state index contributed by atoms with van der Waals surface area (Å²) in [6, 6.07) is 21.4. The molecule has 0 saturated heterocycles. The van der Waals surface area contributed by atoms with Gasteiger partial charge < -0.3 is 10.2 Å². The van der Waals surface area contributed by atoms with Crippen LogP contribution >= 0.6 is 0 Å². The number of nitrogens with one attached hydrogen (secondary N) is 2. The zero-order chi connectivity index (χ0) is 20.6. The normalized spacial score (nSPS) is 11.6. The predicted octanol–water partition coefficient (Wildman–Crippen LogP) is 4.57. The third-order valence-electron chi connectivity index (χ3n) is 4.64. The molecule has 0 radical (unpaired) electrons. The van der Waals surface area contributed by atoms with Gasteiger partial charge in [0.1, 0.15) is 0 Å². The van der Waals surface area contributed by atoms with E-state index in [9.17, 15) is 8.42 Å². The number of hydrogen-bond acceptors (Lipinski definition) is 5. The van der Waals surface area contributed by atoms with Crippen molar-refractivity contribution in [3.63, 3.8) is 0 Å². The molecule has 0 aliphatic carbocycles. The molecule has 0 spiro atoms. The SMILES string of the molecule is CN(C)c1ccc2nc3ccccc3c(Nc3ccc(NS(C)(=O)=O)cc3)c2c1. The van der Waals surface area contributed by atoms with E-state index in [-0.39, 0.29) is 0 Å². The van der Waals surface area contributed by atoms with Crippen LogP contribution < -0.4 is 14.9 Å². The minimum Gasteiger partial charge on any atom is -0.378 e. The number of sulfonamides is 1. The molecule has 0 bridgehead atoms. The highest BCUT2D eigenvalue weighted by molar-refractivity contribution is 7.92. The van der Waals surface area contributed by atoms with E-state index in [1.54, 1.807) is 12.1 Å². The molecule has 4 aromatic rings. The maximum absolute atomic E-state index is 11.4. The van der Waals surface area contributed by atoms with Crippen LogP contribution in [0.4, 0.5) is 22.7 Å². The van der Waals surface area contributed by atoms with E-state index in [1.165, 1.54) is 0 Å². The maximum atomic E-state index is 11.4. The number of fused-ring (bicyclic) bond motifs is 2. The lowest BCUT2D eigenvalue weighted by Crippen LogP contribution is -2.09. The van der Waals surface area contributed by atoms with Crippen LogP contribution in [-0.2, 0) is 10.0 Å². The Morgan fingerprint density at radius 1 is 0.828 bits per heavy atom. The smallest absolute Gasteiger partial charge is 0.229 e. The molecule has 0 atom stereocenters. The number of anilines is 4. The van der Waals surface area contributed by atoms with Gasteiger partial charge >= 0.3 is 0 Å². The fourth-order valence-electron chi connectivity index (χ4n) is 3.27. The Morgan fingerprint density at radius 2 is 1.48 bits per heavy atom. The van der Waals surface area contributed by atoms with Gasteiger partial charge in [0.05, 0.1) is 23.0 Å². The van der Waals surface area contributed by atoms with Crippen molar-refractivity contribution in [1.82, 2.24) is 4.98 Å². The summed E-state index contributed by atoms with van der Waals surface area (Å²) in [5, 5.41) is 5.55. The molecule has 4 rings (SSSR count). The fourth-order valence-corrected chi connectivity index (χ4v) is 3.84. The highest BCUT2D eigenvalue weighted by Crippen LogP contribution is 2.35. The minimum absolute atomic E-state index is 0.525. The van der Waals surface area contributed by atoms with E-state index in [0.717, 1.165) is 45.1 Å². The number of benzene rings is 3. The van der Waals surface area contributed by atoms with Crippen molar-refractivity contribution >= 4 is 54.6 Å². The van der Waals surface area contributed by atoms with E-state index in [0.29, 0.717) is 5.69 Å². The van der Waals surface area contributed by atoms with Gasteiger partial charge in [-0.15, -0.1) is 0 Å². The quantitative estimate of drug-likeness (QED) is 0.475. The Kier molecular flexibility index (Phi) is 4.76. The van der Waals surface area contributed by atoms with Crippen LogP contribution in [0.5, 0.6) is 0 Å². The zero-order valence-electron chi connectivity index (χ0n) is 16.5. The topological polar surface area (TPSA) is 74.3 Å². The molecule has 6 nitrogen and oxygen atoms in total. The molecule has 0 saturated carbocycles. The first-order valence-electron chi connectivity index (χ1n) is 9.15. The number of rotatable bonds is 5. The second-order valence-corrected chi connectivity index (χ2v) is 8.92. The van der Waals surface area contributed by atoms with E-state index < -0.39 is 10.0 Å². The standard InChI is InChI=1S/C22H22N4O2S/c1-26(2)17-12-13-21-19(14-17)22(18-6-4-5-7-20(18)24-21)23-15-8-10-16(11-9-15)25-29(3,27)28/h4-14,25H,1-3H3,(H,23,24). The summed E-state index contributed by atoms with van der Waals surface area (Å²) in [6.45, 7) is 0. The van der Waals surface area contributed by atoms with Gasteiger partial charge in [-0.05, 0) is 48.5 Å². The van der Waals surface area contributed by atoms with Crippen molar-refractivity contribution in [2.75, 3.05) is 35.3 Å². The van der Waals surface area contributed by atoms with Crippen LogP contribution in [-0.4, -0.2) is 33.8 Å². The fraction of sp³-hybridized carbons (Fsp3) is 0.136. The summed E-state index contributed by atoms with van der Waals surface area (Å²) in [6.07, 6.45) is 1.14. The molecule has 0 amide bonds. The van der Waals surface area contributed by atoms with Gasteiger partial charge in [0.2, 0.25) is 10.0 Å². The third kappa shape index (κ3) is 4.09. The lowest BCUT2D eigenvalue weighted by molar-refractivity contribution is 0.607. The number of hydrogen-bond donors (Lipinski definition) is 2. The Hall–Kier alpha value is -3.32.